The standard InChI is InChI=1S/C15H15ClN2O3/c1-3-21-15(20)14(18-9(2)19)6-10-8-17-13-7-11(16)4-5-12(10)13/h4-8,17H,3H2,1-2H3,(H,18,19). The topological polar surface area (TPSA) is 71.2 Å². The van der Waals surface area contributed by atoms with Crippen molar-refractivity contribution in [2.45, 2.75) is 13.8 Å². The Morgan fingerprint density at radius 3 is 2.86 bits per heavy atom. The summed E-state index contributed by atoms with van der Waals surface area (Å²) in [5.41, 5.74) is 1.71. The van der Waals surface area contributed by atoms with Gasteiger partial charge in [0.2, 0.25) is 5.91 Å². The number of hydrogen-bond donors (Lipinski definition) is 2. The van der Waals surface area contributed by atoms with Crippen molar-refractivity contribution in [2.24, 2.45) is 0 Å². The molecule has 1 aromatic heterocycles. The summed E-state index contributed by atoms with van der Waals surface area (Å²) in [5, 5.41) is 4.00. The maximum Gasteiger partial charge on any atom is 0.354 e. The molecule has 1 amide bonds. The van der Waals surface area contributed by atoms with Crippen LogP contribution in [0.2, 0.25) is 5.02 Å². The van der Waals surface area contributed by atoms with Crippen LogP contribution in [0.1, 0.15) is 19.4 Å². The molecule has 0 bridgehead atoms. The first-order valence-corrected chi connectivity index (χ1v) is 6.82. The molecular formula is C15H15ClN2O3. The smallest absolute Gasteiger partial charge is 0.354 e. The maximum atomic E-state index is 11.9. The number of carbonyl (C=O) groups is 2. The molecule has 0 spiro atoms. The third kappa shape index (κ3) is 3.64. The molecule has 1 aromatic carbocycles. The molecule has 0 aliphatic heterocycles. The number of ether oxygens (including phenoxy) is 1. The minimum atomic E-state index is -0.573. The van der Waals surface area contributed by atoms with Gasteiger partial charge in [-0.3, -0.25) is 4.79 Å². The van der Waals surface area contributed by atoms with Crippen molar-refractivity contribution in [1.29, 1.82) is 0 Å². The first-order chi connectivity index (χ1) is 10.0. The summed E-state index contributed by atoms with van der Waals surface area (Å²) in [4.78, 5) is 26.1. The van der Waals surface area contributed by atoms with E-state index in [0.29, 0.717) is 5.02 Å². The number of nitrogens with one attached hydrogen (secondary N) is 2. The third-order valence-corrected chi connectivity index (χ3v) is 3.02. The molecule has 2 rings (SSSR count). The summed E-state index contributed by atoms with van der Waals surface area (Å²) in [6.07, 6.45) is 3.31. The summed E-state index contributed by atoms with van der Waals surface area (Å²) in [6.45, 7) is 3.28. The van der Waals surface area contributed by atoms with Crippen LogP contribution in [0.5, 0.6) is 0 Å². The molecule has 0 atom stereocenters. The van der Waals surface area contributed by atoms with Crippen LogP contribution >= 0.6 is 11.6 Å². The average Bonchev–Trinajstić information content (AvgIpc) is 2.80. The lowest BCUT2D eigenvalue weighted by Crippen LogP contribution is -2.26. The highest BCUT2D eigenvalue weighted by Crippen LogP contribution is 2.23. The normalized spacial score (nSPS) is 11.5. The highest BCUT2D eigenvalue weighted by molar-refractivity contribution is 6.31. The van der Waals surface area contributed by atoms with Crippen LogP contribution in [0.25, 0.3) is 17.0 Å². The van der Waals surface area contributed by atoms with Crippen LogP contribution < -0.4 is 5.32 Å². The molecule has 2 N–H and O–H groups in total. The van der Waals surface area contributed by atoms with Gasteiger partial charge in [-0.05, 0) is 25.1 Å². The second kappa shape index (κ2) is 6.45. The summed E-state index contributed by atoms with van der Waals surface area (Å²) >= 11 is 5.93. The van der Waals surface area contributed by atoms with Gasteiger partial charge in [0.1, 0.15) is 5.70 Å². The number of hydrogen-bond acceptors (Lipinski definition) is 3. The Balaban J connectivity index is 2.43. The van der Waals surface area contributed by atoms with E-state index in [1.807, 2.05) is 6.07 Å². The molecule has 21 heavy (non-hydrogen) atoms. The van der Waals surface area contributed by atoms with E-state index in [0.717, 1.165) is 16.5 Å². The van der Waals surface area contributed by atoms with Gasteiger partial charge in [0, 0.05) is 34.6 Å². The summed E-state index contributed by atoms with van der Waals surface area (Å²) in [5.74, 6) is -0.909. The highest BCUT2D eigenvalue weighted by atomic mass is 35.5. The monoisotopic (exact) mass is 306 g/mol. The average molecular weight is 307 g/mol. The molecule has 0 radical (unpaired) electrons. The van der Waals surface area contributed by atoms with Gasteiger partial charge in [-0.25, -0.2) is 4.79 Å². The quantitative estimate of drug-likeness (QED) is 0.674. The van der Waals surface area contributed by atoms with Crippen molar-refractivity contribution in [1.82, 2.24) is 10.3 Å². The third-order valence-electron chi connectivity index (χ3n) is 2.78. The molecule has 5 nitrogen and oxygen atoms in total. The Morgan fingerprint density at radius 1 is 1.43 bits per heavy atom. The Kier molecular flexibility index (Phi) is 4.65. The van der Waals surface area contributed by atoms with Crippen LogP contribution in [-0.2, 0) is 14.3 Å². The fourth-order valence-electron chi connectivity index (χ4n) is 1.94. The van der Waals surface area contributed by atoms with E-state index in [1.165, 1.54) is 6.92 Å². The fourth-order valence-corrected chi connectivity index (χ4v) is 2.11. The maximum absolute atomic E-state index is 11.9. The number of fused-ring (bicyclic) bond motifs is 1. The van der Waals surface area contributed by atoms with Crippen molar-refractivity contribution in [2.75, 3.05) is 6.61 Å². The molecule has 0 fully saturated rings. The van der Waals surface area contributed by atoms with Gasteiger partial charge in [0.25, 0.3) is 0 Å². The molecule has 0 aliphatic rings. The first-order valence-electron chi connectivity index (χ1n) is 6.44. The van der Waals surface area contributed by atoms with E-state index >= 15 is 0 Å². The van der Waals surface area contributed by atoms with Gasteiger partial charge in [-0.2, -0.15) is 0 Å². The van der Waals surface area contributed by atoms with Crippen molar-refractivity contribution in [3.8, 4) is 0 Å². The number of H-pyrrole nitrogens is 1. The van der Waals surface area contributed by atoms with Crippen LogP contribution in [0.15, 0.2) is 30.1 Å². The van der Waals surface area contributed by atoms with E-state index in [1.54, 1.807) is 31.3 Å². The minimum Gasteiger partial charge on any atom is -0.461 e. The zero-order chi connectivity index (χ0) is 15.4. The number of carbonyl (C=O) groups excluding carboxylic acids is 2. The molecule has 0 saturated carbocycles. The van der Waals surface area contributed by atoms with Gasteiger partial charge in [0.05, 0.1) is 6.61 Å². The number of esters is 1. The van der Waals surface area contributed by atoms with Crippen molar-refractivity contribution in [3.63, 3.8) is 0 Å². The van der Waals surface area contributed by atoms with Crippen LogP contribution in [0.4, 0.5) is 0 Å². The Morgan fingerprint density at radius 2 is 2.19 bits per heavy atom. The summed E-state index contributed by atoms with van der Waals surface area (Å²) < 4.78 is 4.93. The van der Waals surface area contributed by atoms with Crippen molar-refractivity contribution >= 4 is 40.5 Å². The summed E-state index contributed by atoms with van der Waals surface area (Å²) in [7, 11) is 0. The van der Waals surface area contributed by atoms with Gasteiger partial charge in [-0.1, -0.05) is 17.7 Å². The van der Waals surface area contributed by atoms with Gasteiger partial charge < -0.3 is 15.0 Å². The number of benzene rings is 1. The highest BCUT2D eigenvalue weighted by Gasteiger charge is 2.13. The van der Waals surface area contributed by atoms with Gasteiger partial charge in [-0.15, -0.1) is 0 Å². The lowest BCUT2D eigenvalue weighted by Gasteiger charge is -2.07. The molecule has 2 aromatic rings. The fraction of sp³-hybridized carbons (Fsp3) is 0.200. The lowest BCUT2D eigenvalue weighted by atomic mass is 10.1. The second-order valence-corrected chi connectivity index (χ2v) is 4.83. The van der Waals surface area contributed by atoms with Gasteiger partial charge >= 0.3 is 5.97 Å². The van der Waals surface area contributed by atoms with Crippen LogP contribution in [-0.4, -0.2) is 23.5 Å². The Labute approximate surface area is 126 Å². The second-order valence-electron chi connectivity index (χ2n) is 4.39. The SMILES string of the molecule is CCOC(=O)C(=Cc1c[nH]c2cc(Cl)ccc12)NC(C)=O. The predicted molar refractivity (Wildman–Crippen MR) is 81.7 cm³/mol. The van der Waals surface area contributed by atoms with E-state index in [-0.39, 0.29) is 18.2 Å². The van der Waals surface area contributed by atoms with E-state index in [4.69, 9.17) is 16.3 Å². The van der Waals surface area contributed by atoms with Gasteiger partial charge in [0.15, 0.2) is 0 Å². The van der Waals surface area contributed by atoms with E-state index in [2.05, 4.69) is 10.3 Å². The molecule has 110 valence electrons. The molecule has 0 aliphatic carbocycles. The Hall–Kier alpha value is -2.27. The Bertz CT molecular complexity index is 719. The molecule has 0 unspecified atom stereocenters. The molecule has 0 saturated heterocycles. The number of rotatable bonds is 4. The first kappa shape index (κ1) is 15.1. The largest absolute Gasteiger partial charge is 0.461 e. The number of aromatic nitrogens is 1. The predicted octanol–water partition coefficient (Wildman–Crippen LogP) is 2.86. The van der Waals surface area contributed by atoms with Crippen LogP contribution in [0.3, 0.4) is 0 Å². The molecule has 6 heteroatoms. The zero-order valence-electron chi connectivity index (χ0n) is 11.7. The molecule has 1 heterocycles. The van der Waals surface area contributed by atoms with Crippen molar-refractivity contribution < 1.29 is 14.3 Å². The number of aromatic amines is 1. The molecular weight excluding hydrogens is 292 g/mol. The minimum absolute atomic E-state index is 0.0974. The van der Waals surface area contributed by atoms with Crippen LogP contribution in [0, 0.1) is 0 Å². The van der Waals surface area contributed by atoms with E-state index in [9.17, 15) is 9.59 Å². The number of halogens is 1. The lowest BCUT2D eigenvalue weighted by molar-refractivity contribution is -0.139. The van der Waals surface area contributed by atoms with Crippen molar-refractivity contribution in [3.05, 3.63) is 40.7 Å². The summed E-state index contributed by atoms with van der Waals surface area (Å²) in [6, 6.07) is 5.39. The number of amides is 1. The zero-order valence-corrected chi connectivity index (χ0v) is 12.5. The van der Waals surface area contributed by atoms with E-state index < -0.39 is 5.97 Å².